The molecule has 0 saturated carbocycles. The fourth-order valence-corrected chi connectivity index (χ4v) is 6.19. The van der Waals surface area contributed by atoms with Crippen LogP contribution >= 0.6 is 0 Å². The summed E-state index contributed by atoms with van der Waals surface area (Å²) < 4.78 is 31.7. The van der Waals surface area contributed by atoms with Gasteiger partial charge in [-0.3, -0.25) is 9.48 Å². The summed E-state index contributed by atoms with van der Waals surface area (Å²) in [5, 5.41) is 6.95. The standard InChI is InChI=1S/C19H20N6O3S/c1-23-10-8-20-17(23)16-19(14-5-3-4-6-15(14)22-18(19)26)7-9-25(16)29(27,28)13-11-21-24(2)12-13/h3-6,8,10-12,16H,7,9H2,1-2H3,(H,22,26). The van der Waals surface area contributed by atoms with E-state index in [2.05, 4.69) is 15.4 Å². The minimum atomic E-state index is -3.88. The number of benzene rings is 1. The van der Waals surface area contributed by atoms with E-state index in [0.29, 0.717) is 12.2 Å². The lowest BCUT2D eigenvalue weighted by molar-refractivity contribution is -0.121. The quantitative estimate of drug-likeness (QED) is 0.696. The minimum Gasteiger partial charge on any atom is -0.337 e. The molecule has 0 bridgehead atoms. The molecule has 5 rings (SSSR count). The molecule has 1 fully saturated rings. The van der Waals surface area contributed by atoms with Crippen molar-refractivity contribution < 1.29 is 13.2 Å². The van der Waals surface area contributed by atoms with E-state index >= 15 is 0 Å². The number of amides is 1. The monoisotopic (exact) mass is 412 g/mol. The van der Waals surface area contributed by atoms with Gasteiger partial charge in [0.15, 0.2) is 0 Å². The maximum atomic E-state index is 13.5. The van der Waals surface area contributed by atoms with Crippen LogP contribution < -0.4 is 5.32 Å². The summed E-state index contributed by atoms with van der Waals surface area (Å²) in [4.78, 5) is 17.8. The Morgan fingerprint density at radius 3 is 2.72 bits per heavy atom. The predicted octanol–water partition coefficient (Wildman–Crippen LogP) is 1.18. The van der Waals surface area contributed by atoms with Crippen molar-refractivity contribution in [3.63, 3.8) is 0 Å². The Morgan fingerprint density at radius 2 is 2.03 bits per heavy atom. The zero-order valence-corrected chi connectivity index (χ0v) is 16.8. The van der Waals surface area contributed by atoms with E-state index < -0.39 is 21.5 Å². The number of imidazole rings is 1. The van der Waals surface area contributed by atoms with Gasteiger partial charge < -0.3 is 9.88 Å². The highest BCUT2D eigenvalue weighted by Crippen LogP contribution is 2.55. The number of carbonyl (C=O) groups excluding carboxylic acids is 1. The number of nitrogens with zero attached hydrogens (tertiary/aromatic N) is 5. The first-order valence-corrected chi connectivity index (χ1v) is 10.7. The summed E-state index contributed by atoms with van der Waals surface area (Å²) in [5.41, 5.74) is 0.490. The Bertz CT molecular complexity index is 1230. The summed E-state index contributed by atoms with van der Waals surface area (Å²) >= 11 is 0. The zero-order valence-electron chi connectivity index (χ0n) is 16.0. The number of rotatable bonds is 3. The first kappa shape index (κ1) is 18.1. The Balaban J connectivity index is 1.73. The number of sulfonamides is 1. The van der Waals surface area contributed by atoms with Crippen molar-refractivity contribution in [2.75, 3.05) is 11.9 Å². The molecule has 2 aliphatic heterocycles. The van der Waals surface area contributed by atoms with Crippen LogP contribution in [0.25, 0.3) is 0 Å². The molecule has 9 nitrogen and oxygen atoms in total. The van der Waals surface area contributed by atoms with Crippen LogP contribution in [0.15, 0.2) is 53.9 Å². The van der Waals surface area contributed by atoms with Crippen molar-refractivity contribution in [2.24, 2.45) is 14.1 Å². The third-order valence-corrected chi connectivity index (χ3v) is 7.75. The van der Waals surface area contributed by atoms with Gasteiger partial charge in [0.05, 0.1) is 6.20 Å². The molecule has 0 radical (unpaired) electrons. The molecule has 1 aromatic carbocycles. The molecular formula is C19H20N6O3S. The minimum absolute atomic E-state index is 0.1000. The maximum Gasteiger partial charge on any atom is 0.246 e. The second-order valence-electron chi connectivity index (χ2n) is 7.49. The molecule has 1 spiro atoms. The highest BCUT2D eigenvalue weighted by Gasteiger charge is 2.62. The van der Waals surface area contributed by atoms with Gasteiger partial charge in [0.25, 0.3) is 0 Å². The smallest absolute Gasteiger partial charge is 0.246 e. The summed E-state index contributed by atoms with van der Waals surface area (Å²) in [6.45, 7) is 0.205. The molecule has 1 saturated heterocycles. The van der Waals surface area contributed by atoms with Gasteiger partial charge in [-0.25, -0.2) is 13.4 Å². The highest BCUT2D eigenvalue weighted by atomic mass is 32.2. The SMILES string of the molecule is Cn1cc(S(=O)(=O)N2CCC3(C(=O)Nc4ccccc43)C2c2nccn2C)cn1. The Morgan fingerprint density at radius 1 is 1.24 bits per heavy atom. The zero-order chi connectivity index (χ0) is 20.4. The second-order valence-corrected chi connectivity index (χ2v) is 9.38. The van der Waals surface area contributed by atoms with E-state index in [1.165, 1.54) is 21.4 Å². The van der Waals surface area contributed by atoms with E-state index in [9.17, 15) is 13.2 Å². The maximum absolute atomic E-state index is 13.5. The van der Waals surface area contributed by atoms with Gasteiger partial charge in [-0.2, -0.15) is 9.40 Å². The molecule has 10 heteroatoms. The molecule has 2 aliphatic rings. The fourth-order valence-electron chi connectivity index (χ4n) is 4.57. The third-order valence-electron chi connectivity index (χ3n) is 5.93. The third kappa shape index (κ3) is 2.36. The summed E-state index contributed by atoms with van der Waals surface area (Å²) in [5.74, 6) is 0.331. The van der Waals surface area contributed by atoms with Crippen LogP contribution in [-0.4, -0.2) is 44.5 Å². The lowest BCUT2D eigenvalue weighted by Gasteiger charge is -2.32. The van der Waals surface area contributed by atoms with Gasteiger partial charge in [-0.1, -0.05) is 18.2 Å². The lowest BCUT2D eigenvalue weighted by atomic mass is 9.75. The van der Waals surface area contributed by atoms with Gasteiger partial charge in [-0.05, 0) is 18.1 Å². The number of anilines is 1. The average molecular weight is 412 g/mol. The normalized spacial score (nSPS) is 24.2. The Kier molecular flexibility index (Phi) is 3.74. The molecule has 2 unspecified atom stereocenters. The number of hydrogen-bond acceptors (Lipinski definition) is 5. The van der Waals surface area contributed by atoms with Crippen molar-refractivity contribution in [1.82, 2.24) is 23.6 Å². The van der Waals surface area contributed by atoms with Gasteiger partial charge in [0.1, 0.15) is 22.2 Å². The molecule has 2 aromatic heterocycles. The number of fused-ring (bicyclic) bond motifs is 2. The summed E-state index contributed by atoms with van der Waals surface area (Å²) in [7, 11) is -0.407. The van der Waals surface area contributed by atoms with Crippen LogP contribution in [0.3, 0.4) is 0 Å². The molecule has 0 aliphatic carbocycles. The predicted molar refractivity (Wildman–Crippen MR) is 104 cm³/mol. The van der Waals surface area contributed by atoms with E-state index in [-0.39, 0.29) is 17.3 Å². The first-order valence-electron chi connectivity index (χ1n) is 9.24. The van der Waals surface area contributed by atoms with Crippen LogP contribution in [0.1, 0.15) is 23.9 Å². The van der Waals surface area contributed by atoms with Crippen molar-refractivity contribution in [2.45, 2.75) is 22.8 Å². The van der Waals surface area contributed by atoms with Gasteiger partial charge >= 0.3 is 0 Å². The van der Waals surface area contributed by atoms with E-state index in [1.54, 1.807) is 24.0 Å². The van der Waals surface area contributed by atoms with Gasteiger partial charge in [-0.15, -0.1) is 0 Å². The summed E-state index contributed by atoms with van der Waals surface area (Å²) in [6.07, 6.45) is 6.55. The van der Waals surface area contributed by atoms with Crippen LogP contribution in [0.4, 0.5) is 5.69 Å². The highest BCUT2D eigenvalue weighted by molar-refractivity contribution is 7.89. The van der Waals surface area contributed by atoms with E-state index in [4.69, 9.17) is 0 Å². The van der Waals surface area contributed by atoms with E-state index in [0.717, 1.165) is 11.3 Å². The molecule has 4 heterocycles. The first-order chi connectivity index (χ1) is 13.9. The number of aryl methyl sites for hydroxylation is 2. The molecule has 1 N–H and O–H groups in total. The van der Waals surface area contributed by atoms with Crippen molar-refractivity contribution in [3.05, 3.63) is 60.4 Å². The van der Waals surface area contributed by atoms with Crippen LogP contribution in [-0.2, 0) is 34.3 Å². The number of para-hydroxylation sites is 1. The fraction of sp³-hybridized carbons (Fsp3) is 0.316. The molecule has 150 valence electrons. The molecular weight excluding hydrogens is 392 g/mol. The van der Waals surface area contributed by atoms with Crippen molar-refractivity contribution in [3.8, 4) is 0 Å². The Hall–Kier alpha value is -2.98. The van der Waals surface area contributed by atoms with Crippen LogP contribution in [0.5, 0.6) is 0 Å². The van der Waals surface area contributed by atoms with E-state index in [1.807, 2.05) is 31.3 Å². The molecule has 29 heavy (non-hydrogen) atoms. The number of hydrogen-bond donors (Lipinski definition) is 1. The molecule has 3 aromatic rings. The number of carbonyl (C=O) groups is 1. The molecule has 2 atom stereocenters. The topological polar surface area (TPSA) is 102 Å². The summed E-state index contributed by atoms with van der Waals surface area (Å²) in [6, 6.07) is 6.69. The largest absolute Gasteiger partial charge is 0.337 e. The van der Waals surface area contributed by atoms with Gasteiger partial charge in [0.2, 0.25) is 15.9 Å². The van der Waals surface area contributed by atoms with Crippen LogP contribution in [0.2, 0.25) is 0 Å². The van der Waals surface area contributed by atoms with Gasteiger partial charge in [0, 0.05) is 44.9 Å². The molecule has 1 amide bonds. The average Bonchev–Trinajstić information content (AvgIpc) is 3.44. The number of nitrogens with one attached hydrogen (secondary N) is 1. The Labute approximate surface area is 168 Å². The van der Waals surface area contributed by atoms with Crippen molar-refractivity contribution in [1.29, 1.82) is 0 Å². The van der Waals surface area contributed by atoms with Crippen molar-refractivity contribution >= 4 is 21.6 Å². The lowest BCUT2D eigenvalue weighted by Crippen LogP contribution is -2.43. The number of aromatic nitrogens is 4. The second kappa shape index (κ2) is 6.01. The van der Waals surface area contributed by atoms with Crippen LogP contribution in [0, 0.1) is 0 Å².